The predicted octanol–water partition coefficient (Wildman–Crippen LogP) is -0.743. The zero-order valence-electron chi connectivity index (χ0n) is 7.99. The van der Waals surface area contributed by atoms with E-state index in [1.165, 1.54) is 25.2 Å². The van der Waals surface area contributed by atoms with Crippen molar-refractivity contribution in [2.24, 2.45) is 0 Å². The third-order valence-corrected chi connectivity index (χ3v) is 1.78. The van der Waals surface area contributed by atoms with Crippen molar-refractivity contribution >= 4 is 24.3 Å². The number of anilines is 1. The fourth-order valence-corrected chi connectivity index (χ4v) is 1.03. The minimum atomic E-state index is -1.91. The highest BCUT2D eigenvalue weighted by Gasteiger charge is 2.19. The highest BCUT2D eigenvalue weighted by atomic mass is 19.1. The summed E-state index contributed by atoms with van der Waals surface area (Å²) in [4.78, 5) is 10.9. The van der Waals surface area contributed by atoms with Gasteiger partial charge >= 0.3 is 13.1 Å². The number of carbonyl (C=O) groups is 1. The van der Waals surface area contributed by atoms with Gasteiger partial charge in [0.2, 0.25) is 0 Å². The second kappa shape index (κ2) is 4.76. The van der Waals surface area contributed by atoms with Gasteiger partial charge in [-0.05, 0) is 6.07 Å². The van der Waals surface area contributed by atoms with E-state index in [2.05, 4.69) is 10.6 Å². The number of halogens is 1. The number of urea groups is 1. The van der Waals surface area contributed by atoms with Crippen LogP contribution in [0.2, 0.25) is 0 Å². The SMILES string of the molecule is CNC(=O)Nc1cccc(B(O)O)c1F. The van der Waals surface area contributed by atoms with E-state index in [0.29, 0.717) is 0 Å². The van der Waals surface area contributed by atoms with Crippen molar-refractivity contribution < 1.29 is 19.2 Å². The van der Waals surface area contributed by atoms with Crippen molar-refractivity contribution in [3.8, 4) is 0 Å². The Hall–Kier alpha value is -1.60. The third kappa shape index (κ3) is 2.68. The Labute approximate surface area is 86.1 Å². The number of hydrogen-bond acceptors (Lipinski definition) is 3. The molecule has 1 aromatic rings. The van der Waals surface area contributed by atoms with Crippen LogP contribution >= 0.6 is 0 Å². The summed E-state index contributed by atoms with van der Waals surface area (Å²) in [5.41, 5.74) is -0.399. The number of rotatable bonds is 2. The van der Waals surface area contributed by atoms with Crippen LogP contribution in [0.3, 0.4) is 0 Å². The van der Waals surface area contributed by atoms with E-state index < -0.39 is 19.0 Å². The average Bonchev–Trinajstić information content (AvgIpc) is 2.20. The van der Waals surface area contributed by atoms with Gasteiger partial charge in [0.15, 0.2) is 0 Å². The molecule has 15 heavy (non-hydrogen) atoms. The highest BCUT2D eigenvalue weighted by Crippen LogP contribution is 2.10. The van der Waals surface area contributed by atoms with E-state index in [0.717, 1.165) is 0 Å². The summed E-state index contributed by atoms with van der Waals surface area (Å²) in [7, 11) is -0.519. The van der Waals surface area contributed by atoms with Gasteiger partial charge < -0.3 is 20.7 Å². The summed E-state index contributed by atoms with van der Waals surface area (Å²) < 4.78 is 13.5. The van der Waals surface area contributed by atoms with Gasteiger partial charge in [-0.3, -0.25) is 0 Å². The number of nitrogens with one attached hydrogen (secondary N) is 2. The molecule has 80 valence electrons. The zero-order chi connectivity index (χ0) is 11.4. The van der Waals surface area contributed by atoms with Crippen molar-refractivity contribution in [3.05, 3.63) is 24.0 Å². The molecule has 2 amide bonds. The molecule has 0 unspecified atom stereocenters. The summed E-state index contributed by atoms with van der Waals surface area (Å²) in [6.07, 6.45) is 0. The summed E-state index contributed by atoms with van der Waals surface area (Å²) >= 11 is 0. The average molecular weight is 212 g/mol. The standard InChI is InChI=1S/C8H10BFN2O3/c1-11-8(13)12-6-4-2-3-5(7(6)10)9(14)15/h2-4,14-15H,1H3,(H2,11,12,13). The van der Waals surface area contributed by atoms with Gasteiger partial charge in [0.05, 0.1) is 5.69 Å². The van der Waals surface area contributed by atoms with Gasteiger partial charge in [0, 0.05) is 12.5 Å². The maximum Gasteiger partial charge on any atom is 0.491 e. The van der Waals surface area contributed by atoms with E-state index in [1.54, 1.807) is 0 Å². The van der Waals surface area contributed by atoms with Crippen LogP contribution in [0, 0.1) is 5.82 Å². The molecule has 0 saturated heterocycles. The molecule has 1 rings (SSSR count). The molecule has 0 aromatic heterocycles. The van der Waals surface area contributed by atoms with Crippen molar-refractivity contribution in [1.82, 2.24) is 5.32 Å². The lowest BCUT2D eigenvalue weighted by Gasteiger charge is -2.08. The lowest BCUT2D eigenvalue weighted by molar-refractivity contribution is 0.254. The highest BCUT2D eigenvalue weighted by molar-refractivity contribution is 6.58. The quantitative estimate of drug-likeness (QED) is 0.487. The number of amides is 2. The largest absolute Gasteiger partial charge is 0.491 e. The molecule has 5 nitrogen and oxygen atoms in total. The molecule has 0 fully saturated rings. The molecule has 0 saturated carbocycles. The third-order valence-electron chi connectivity index (χ3n) is 1.78. The van der Waals surface area contributed by atoms with E-state index in [-0.39, 0.29) is 11.2 Å². The van der Waals surface area contributed by atoms with Crippen molar-refractivity contribution in [1.29, 1.82) is 0 Å². The van der Waals surface area contributed by atoms with Crippen LogP contribution in [0.4, 0.5) is 14.9 Å². The topological polar surface area (TPSA) is 81.6 Å². The fraction of sp³-hybridized carbons (Fsp3) is 0.125. The smallest absolute Gasteiger partial charge is 0.423 e. The van der Waals surface area contributed by atoms with Crippen LogP contribution in [0.1, 0.15) is 0 Å². The molecule has 0 heterocycles. The van der Waals surface area contributed by atoms with Crippen LogP contribution < -0.4 is 16.1 Å². The van der Waals surface area contributed by atoms with E-state index in [9.17, 15) is 9.18 Å². The Kier molecular flexibility index (Phi) is 3.65. The first-order valence-electron chi connectivity index (χ1n) is 4.19. The van der Waals surface area contributed by atoms with Crippen molar-refractivity contribution in [3.63, 3.8) is 0 Å². The van der Waals surface area contributed by atoms with Gasteiger partial charge in [-0.1, -0.05) is 12.1 Å². The first-order valence-corrected chi connectivity index (χ1v) is 4.19. The molecule has 0 radical (unpaired) electrons. The number of hydrogen-bond donors (Lipinski definition) is 4. The normalized spacial score (nSPS) is 9.60. The molecular weight excluding hydrogens is 202 g/mol. The van der Waals surface area contributed by atoms with Crippen LogP contribution in [-0.2, 0) is 0 Å². The molecule has 0 aliphatic heterocycles. The van der Waals surface area contributed by atoms with E-state index >= 15 is 0 Å². The van der Waals surface area contributed by atoms with Gasteiger partial charge in [-0.2, -0.15) is 0 Å². The lowest BCUT2D eigenvalue weighted by Crippen LogP contribution is -2.34. The van der Waals surface area contributed by atoms with E-state index in [1.807, 2.05) is 0 Å². The zero-order valence-corrected chi connectivity index (χ0v) is 7.99. The maximum atomic E-state index is 13.5. The Morgan fingerprint density at radius 1 is 1.47 bits per heavy atom. The van der Waals surface area contributed by atoms with Crippen molar-refractivity contribution in [2.75, 3.05) is 12.4 Å². The Morgan fingerprint density at radius 3 is 2.67 bits per heavy atom. The molecule has 1 aromatic carbocycles. The van der Waals surface area contributed by atoms with Crippen LogP contribution in [-0.4, -0.2) is 30.2 Å². The van der Waals surface area contributed by atoms with E-state index in [4.69, 9.17) is 10.0 Å². The summed E-state index contributed by atoms with van der Waals surface area (Å²) in [5.74, 6) is -0.865. The maximum absolute atomic E-state index is 13.5. The number of carbonyl (C=O) groups excluding carboxylic acids is 1. The Balaban J connectivity index is 2.99. The van der Waals surface area contributed by atoms with Gasteiger partial charge in [0.25, 0.3) is 0 Å². The Bertz CT molecular complexity index is 373. The molecule has 0 bridgehead atoms. The Morgan fingerprint density at radius 2 is 2.13 bits per heavy atom. The molecule has 4 N–H and O–H groups in total. The second-order valence-electron chi connectivity index (χ2n) is 2.79. The van der Waals surface area contributed by atoms with Gasteiger partial charge in [-0.25, -0.2) is 9.18 Å². The molecule has 0 aliphatic rings. The monoisotopic (exact) mass is 212 g/mol. The minimum absolute atomic E-state index is 0.111. The van der Waals surface area contributed by atoms with Crippen LogP contribution in [0.15, 0.2) is 18.2 Å². The minimum Gasteiger partial charge on any atom is -0.423 e. The summed E-state index contributed by atoms with van der Waals surface area (Å²) in [6.45, 7) is 0. The van der Waals surface area contributed by atoms with Crippen molar-refractivity contribution in [2.45, 2.75) is 0 Å². The first kappa shape index (κ1) is 11.5. The molecule has 0 spiro atoms. The lowest BCUT2D eigenvalue weighted by atomic mass is 9.79. The first-order chi connectivity index (χ1) is 7.06. The molecule has 0 atom stereocenters. The second-order valence-corrected chi connectivity index (χ2v) is 2.79. The molecule has 7 heteroatoms. The summed E-state index contributed by atoms with van der Waals surface area (Å²) in [6, 6.07) is 3.35. The number of benzene rings is 1. The van der Waals surface area contributed by atoms with Crippen LogP contribution in [0.25, 0.3) is 0 Å². The van der Waals surface area contributed by atoms with Gasteiger partial charge in [-0.15, -0.1) is 0 Å². The fourth-order valence-electron chi connectivity index (χ4n) is 1.03. The van der Waals surface area contributed by atoms with Gasteiger partial charge in [0.1, 0.15) is 5.82 Å². The molecular formula is C8H10BFN2O3. The summed E-state index contributed by atoms with van der Waals surface area (Å²) in [5, 5.41) is 22.1. The van der Waals surface area contributed by atoms with Crippen LogP contribution in [0.5, 0.6) is 0 Å². The predicted molar refractivity (Wildman–Crippen MR) is 54.3 cm³/mol. The molecule has 0 aliphatic carbocycles.